The number of carbonyl (C=O) groups is 2. The van der Waals surface area contributed by atoms with Gasteiger partial charge in [-0.3, -0.25) is 9.69 Å². The Kier molecular flexibility index (Phi) is 7.28. The Morgan fingerprint density at radius 2 is 1.74 bits per heavy atom. The molecule has 1 aromatic carbocycles. The lowest BCUT2D eigenvalue weighted by Gasteiger charge is -2.39. The normalized spacial score (nSPS) is 15.7. The minimum absolute atomic E-state index is 0.102. The number of hydrogen-bond acceptors (Lipinski definition) is 5. The van der Waals surface area contributed by atoms with Crippen molar-refractivity contribution in [1.29, 1.82) is 0 Å². The molecule has 2 heterocycles. The molecule has 1 aliphatic rings. The summed E-state index contributed by atoms with van der Waals surface area (Å²) in [4.78, 5) is 33.3. The number of pyridine rings is 1. The van der Waals surface area contributed by atoms with E-state index in [2.05, 4.69) is 36.0 Å². The predicted octanol–water partition coefficient (Wildman–Crippen LogP) is 3.90. The van der Waals surface area contributed by atoms with Crippen LogP contribution in [0.4, 0.5) is 11.5 Å². The van der Waals surface area contributed by atoms with E-state index >= 15 is 0 Å². The second kappa shape index (κ2) is 9.92. The number of carboxylic acid groups (broad SMARTS) is 1. The van der Waals surface area contributed by atoms with Gasteiger partial charge in [0.2, 0.25) is 0 Å². The fraction of sp³-hybridized carbons (Fsp3) is 0.458. The van der Waals surface area contributed by atoms with Crippen molar-refractivity contribution >= 4 is 23.4 Å². The average molecular weight is 425 g/mol. The zero-order valence-corrected chi connectivity index (χ0v) is 18.8. The van der Waals surface area contributed by atoms with Crippen molar-refractivity contribution in [2.75, 3.05) is 36.4 Å². The molecule has 0 aliphatic carbocycles. The molecule has 0 radical (unpaired) electrons. The van der Waals surface area contributed by atoms with Crippen LogP contribution in [-0.4, -0.2) is 59.1 Å². The molecule has 3 rings (SSSR count). The number of rotatable bonds is 7. The molecule has 166 valence electrons. The molecule has 0 spiro atoms. The molecule has 7 heteroatoms. The summed E-state index contributed by atoms with van der Waals surface area (Å²) >= 11 is 0. The lowest BCUT2D eigenvalue weighted by molar-refractivity contribution is 0.0696. The van der Waals surface area contributed by atoms with Crippen molar-refractivity contribution in [2.24, 2.45) is 5.92 Å². The SMILES string of the molecule is Cc1ccc(C(=O)Nc2cnc(N3CCN(C(C)CC(C)C)CC3)c(C(=O)O)c2)cc1. The Morgan fingerprint density at radius 1 is 1.10 bits per heavy atom. The first kappa shape index (κ1) is 22.7. The van der Waals surface area contributed by atoms with Crippen LogP contribution in [0, 0.1) is 12.8 Å². The number of carbonyl (C=O) groups excluding carboxylic acids is 1. The molecular weight excluding hydrogens is 392 g/mol. The third-order valence-corrected chi connectivity index (χ3v) is 5.72. The highest BCUT2D eigenvalue weighted by Crippen LogP contribution is 2.24. The lowest BCUT2D eigenvalue weighted by atomic mass is 10.0. The number of nitrogens with zero attached hydrogens (tertiary/aromatic N) is 3. The second-order valence-corrected chi connectivity index (χ2v) is 8.72. The number of carboxylic acids is 1. The van der Waals surface area contributed by atoms with Gasteiger partial charge in [0.25, 0.3) is 5.91 Å². The van der Waals surface area contributed by atoms with Crippen molar-refractivity contribution in [2.45, 2.75) is 40.2 Å². The van der Waals surface area contributed by atoms with Gasteiger partial charge in [0.1, 0.15) is 11.4 Å². The molecule has 2 aromatic rings. The Balaban J connectivity index is 1.70. The number of aryl methyl sites for hydroxylation is 1. The van der Waals surface area contributed by atoms with E-state index in [-0.39, 0.29) is 11.5 Å². The van der Waals surface area contributed by atoms with Crippen LogP contribution in [-0.2, 0) is 0 Å². The summed E-state index contributed by atoms with van der Waals surface area (Å²) in [5, 5.41) is 12.5. The van der Waals surface area contributed by atoms with Crippen LogP contribution in [0.2, 0.25) is 0 Å². The maximum Gasteiger partial charge on any atom is 0.339 e. The van der Waals surface area contributed by atoms with E-state index in [0.717, 1.165) is 38.2 Å². The zero-order valence-electron chi connectivity index (χ0n) is 18.8. The Hall–Kier alpha value is -2.93. The molecule has 1 aromatic heterocycles. The molecule has 0 bridgehead atoms. The molecule has 1 unspecified atom stereocenters. The first-order chi connectivity index (χ1) is 14.7. The zero-order chi connectivity index (χ0) is 22.5. The molecule has 1 saturated heterocycles. The minimum Gasteiger partial charge on any atom is -0.478 e. The number of aromatic carboxylic acids is 1. The van der Waals surface area contributed by atoms with Crippen molar-refractivity contribution in [3.05, 3.63) is 53.2 Å². The summed E-state index contributed by atoms with van der Waals surface area (Å²) in [6, 6.07) is 9.20. The van der Waals surface area contributed by atoms with Gasteiger partial charge >= 0.3 is 5.97 Å². The number of nitrogens with one attached hydrogen (secondary N) is 1. The molecular formula is C24H32N4O3. The van der Waals surface area contributed by atoms with Crippen molar-refractivity contribution < 1.29 is 14.7 Å². The summed E-state index contributed by atoms with van der Waals surface area (Å²) in [7, 11) is 0. The lowest BCUT2D eigenvalue weighted by Crippen LogP contribution is -2.50. The molecule has 31 heavy (non-hydrogen) atoms. The number of aromatic nitrogens is 1. The first-order valence-corrected chi connectivity index (χ1v) is 10.8. The topological polar surface area (TPSA) is 85.8 Å². The van der Waals surface area contributed by atoms with Gasteiger partial charge in [-0.2, -0.15) is 0 Å². The van der Waals surface area contributed by atoms with E-state index in [9.17, 15) is 14.7 Å². The van der Waals surface area contributed by atoms with Crippen LogP contribution in [0.1, 0.15) is 53.5 Å². The van der Waals surface area contributed by atoms with Gasteiger partial charge in [-0.25, -0.2) is 9.78 Å². The molecule has 0 saturated carbocycles. The third kappa shape index (κ3) is 5.82. The number of anilines is 2. The molecule has 1 aliphatic heterocycles. The van der Waals surface area contributed by atoms with E-state index in [1.54, 1.807) is 12.1 Å². The van der Waals surface area contributed by atoms with Gasteiger partial charge in [-0.15, -0.1) is 0 Å². The number of piperazine rings is 1. The van der Waals surface area contributed by atoms with Crippen LogP contribution >= 0.6 is 0 Å². The van der Waals surface area contributed by atoms with Crippen molar-refractivity contribution in [1.82, 2.24) is 9.88 Å². The first-order valence-electron chi connectivity index (χ1n) is 10.8. The molecule has 1 fully saturated rings. The van der Waals surface area contributed by atoms with Crippen molar-refractivity contribution in [3.63, 3.8) is 0 Å². The van der Waals surface area contributed by atoms with Crippen molar-refractivity contribution in [3.8, 4) is 0 Å². The van der Waals surface area contributed by atoms with Gasteiger partial charge in [0.05, 0.1) is 11.9 Å². The standard InChI is InChI=1S/C24H32N4O3/c1-16(2)13-18(4)27-9-11-28(12-10-27)22-21(24(30)31)14-20(15-25-22)26-23(29)19-7-5-17(3)6-8-19/h5-8,14-16,18H,9-13H2,1-4H3,(H,26,29)(H,30,31). The predicted molar refractivity (Wildman–Crippen MR) is 123 cm³/mol. The summed E-state index contributed by atoms with van der Waals surface area (Å²) in [6.07, 6.45) is 2.68. The summed E-state index contributed by atoms with van der Waals surface area (Å²) in [5.41, 5.74) is 2.05. The van der Waals surface area contributed by atoms with Crippen LogP contribution in [0.15, 0.2) is 36.5 Å². The monoisotopic (exact) mass is 424 g/mol. The van der Waals surface area contributed by atoms with Crippen LogP contribution in [0.25, 0.3) is 0 Å². The van der Waals surface area contributed by atoms with Gasteiger partial charge in [-0.05, 0) is 44.4 Å². The molecule has 2 N–H and O–H groups in total. The highest BCUT2D eigenvalue weighted by atomic mass is 16.4. The summed E-state index contributed by atoms with van der Waals surface area (Å²) in [5.74, 6) is -0.240. The molecule has 1 amide bonds. The van der Waals surface area contributed by atoms with E-state index in [1.807, 2.05) is 24.0 Å². The van der Waals surface area contributed by atoms with E-state index in [1.165, 1.54) is 12.3 Å². The van der Waals surface area contributed by atoms with Gasteiger partial charge in [-0.1, -0.05) is 31.5 Å². The summed E-state index contributed by atoms with van der Waals surface area (Å²) in [6.45, 7) is 11.9. The number of benzene rings is 1. The molecule has 7 nitrogen and oxygen atoms in total. The van der Waals surface area contributed by atoms with Crippen LogP contribution in [0.5, 0.6) is 0 Å². The van der Waals surface area contributed by atoms with Gasteiger partial charge < -0.3 is 15.3 Å². The highest BCUT2D eigenvalue weighted by molar-refractivity contribution is 6.05. The quantitative estimate of drug-likeness (QED) is 0.701. The van der Waals surface area contributed by atoms with E-state index in [4.69, 9.17) is 0 Å². The highest BCUT2D eigenvalue weighted by Gasteiger charge is 2.25. The van der Waals surface area contributed by atoms with Crippen LogP contribution in [0.3, 0.4) is 0 Å². The average Bonchev–Trinajstić information content (AvgIpc) is 2.73. The fourth-order valence-electron chi connectivity index (χ4n) is 4.05. The van der Waals surface area contributed by atoms with E-state index in [0.29, 0.717) is 29.0 Å². The smallest absolute Gasteiger partial charge is 0.339 e. The van der Waals surface area contributed by atoms with E-state index < -0.39 is 5.97 Å². The number of amides is 1. The maximum absolute atomic E-state index is 12.5. The van der Waals surface area contributed by atoms with Gasteiger partial charge in [0, 0.05) is 37.8 Å². The van der Waals surface area contributed by atoms with Gasteiger partial charge in [0.15, 0.2) is 0 Å². The fourth-order valence-corrected chi connectivity index (χ4v) is 4.05. The Morgan fingerprint density at radius 3 is 2.32 bits per heavy atom. The molecule has 1 atom stereocenters. The largest absolute Gasteiger partial charge is 0.478 e. The second-order valence-electron chi connectivity index (χ2n) is 8.72. The Labute approximate surface area is 184 Å². The maximum atomic E-state index is 12.5. The Bertz CT molecular complexity index is 919. The summed E-state index contributed by atoms with van der Waals surface area (Å²) < 4.78 is 0. The minimum atomic E-state index is -1.05. The number of hydrogen-bond donors (Lipinski definition) is 2. The third-order valence-electron chi connectivity index (χ3n) is 5.72. The van der Waals surface area contributed by atoms with Crippen LogP contribution < -0.4 is 10.2 Å².